The van der Waals surface area contributed by atoms with Gasteiger partial charge in [0.15, 0.2) is 0 Å². The van der Waals surface area contributed by atoms with E-state index in [0.717, 1.165) is 12.2 Å². The van der Waals surface area contributed by atoms with Gasteiger partial charge in [0.2, 0.25) is 0 Å². The molecule has 4 rings (SSSR count). The molecule has 5 heteroatoms. The Hall–Kier alpha value is -3.12. The zero-order valence-electron chi connectivity index (χ0n) is 19.0. The number of benzene rings is 3. The monoisotopic (exact) mass is 471 g/mol. The molecule has 0 aliphatic carbocycles. The van der Waals surface area contributed by atoms with Gasteiger partial charge >= 0.3 is 0 Å². The third-order valence-corrected chi connectivity index (χ3v) is 7.34. The van der Waals surface area contributed by atoms with E-state index < -0.39 is 0 Å². The topological polar surface area (TPSA) is 62.6 Å². The van der Waals surface area contributed by atoms with Gasteiger partial charge in [0.25, 0.3) is 0 Å². The molecule has 174 valence electrons. The zero-order valence-corrected chi connectivity index (χ0v) is 19.8. The first-order valence-electron chi connectivity index (χ1n) is 11.4. The van der Waals surface area contributed by atoms with Crippen LogP contribution in [0, 0.1) is 0 Å². The van der Waals surface area contributed by atoms with E-state index in [1.165, 1.54) is 16.7 Å². The minimum Gasteiger partial charge on any atom is -0.492 e. The summed E-state index contributed by atoms with van der Waals surface area (Å²) in [5.41, 5.74) is 4.69. The molecule has 34 heavy (non-hydrogen) atoms. The second-order valence-electron chi connectivity index (χ2n) is 7.89. The Labute approximate surface area is 205 Å². The Morgan fingerprint density at radius 2 is 1.21 bits per heavy atom. The van der Waals surface area contributed by atoms with Gasteiger partial charge in [0, 0.05) is 0 Å². The number of hydrogen-bond donors (Lipinski definition) is 2. The van der Waals surface area contributed by atoms with Gasteiger partial charge in [-0.25, -0.2) is 4.98 Å². The molecule has 1 aromatic heterocycles. The molecule has 0 saturated carbocycles. The Bertz CT molecular complexity index is 1060. The molecule has 4 nitrogen and oxygen atoms in total. The maximum Gasteiger partial charge on any atom is 0.143 e. The van der Waals surface area contributed by atoms with Crippen molar-refractivity contribution in [3.8, 4) is 5.75 Å². The SMILES string of the molecule is OCc1ccc(OCCCSC(c2ccccc2)(c2ccccc2)c2ccccc2)c(CO)n1. The lowest BCUT2D eigenvalue weighted by Crippen LogP contribution is -2.26. The Morgan fingerprint density at radius 3 is 1.68 bits per heavy atom. The quantitative estimate of drug-likeness (QED) is 0.221. The lowest BCUT2D eigenvalue weighted by Gasteiger charge is -2.35. The Kier molecular flexibility index (Phi) is 8.36. The van der Waals surface area contributed by atoms with Crippen LogP contribution in [0.2, 0.25) is 0 Å². The normalized spacial score (nSPS) is 11.4. The molecule has 0 aliphatic heterocycles. The van der Waals surface area contributed by atoms with Gasteiger partial charge in [-0.3, -0.25) is 0 Å². The van der Waals surface area contributed by atoms with Crippen molar-refractivity contribution in [2.24, 2.45) is 0 Å². The summed E-state index contributed by atoms with van der Waals surface area (Å²) in [6.07, 6.45) is 0.825. The predicted molar refractivity (Wildman–Crippen MR) is 138 cm³/mol. The second-order valence-corrected chi connectivity index (χ2v) is 9.20. The minimum absolute atomic E-state index is 0.162. The van der Waals surface area contributed by atoms with Crippen LogP contribution < -0.4 is 4.74 Å². The van der Waals surface area contributed by atoms with Gasteiger partial charge in [-0.1, -0.05) is 91.0 Å². The van der Waals surface area contributed by atoms with Crippen molar-refractivity contribution < 1.29 is 14.9 Å². The van der Waals surface area contributed by atoms with Gasteiger partial charge in [-0.15, -0.1) is 11.8 Å². The molecule has 4 aromatic rings. The number of aliphatic hydroxyl groups excluding tert-OH is 2. The van der Waals surface area contributed by atoms with Crippen molar-refractivity contribution in [2.75, 3.05) is 12.4 Å². The largest absolute Gasteiger partial charge is 0.492 e. The highest BCUT2D eigenvalue weighted by molar-refractivity contribution is 8.00. The van der Waals surface area contributed by atoms with E-state index in [1.54, 1.807) is 12.1 Å². The molecule has 3 aromatic carbocycles. The molecule has 0 spiro atoms. The highest BCUT2D eigenvalue weighted by Crippen LogP contribution is 2.48. The highest BCUT2D eigenvalue weighted by Gasteiger charge is 2.36. The van der Waals surface area contributed by atoms with E-state index >= 15 is 0 Å². The molecule has 1 heterocycles. The van der Waals surface area contributed by atoms with Crippen LogP contribution in [0.25, 0.3) is 0 Å². The van der Waals surface area contributed by atoms with E-state index in [9.17, 15) is 10.2 Å². The van der Waals surface area contributed by atoms with Gasteiger partial charge in [-0.05, 0) is 41.0 Å². The summed E-state index contributed by atoms with van der Waals surface area (Å²) >= 11 is 1.90. The number of rotatable bonds is 11. The molecule has 2 N–H and O–H groups in total. The number of pyridine rings is 1. The average Bonchev–Trinajstić information content (AvgIpc) is 2.92. The fourth-order valence-electron chi connectivity index (χ4n) is 4.10. The first-order valence-corrected chi connectivity index (χ1v) is 12.4. The molecule has 0 amide bonds. The standard InChI is InChI=1S/C29H29NO3S/c31-21-26-17-18-28(27(22-32)30-26)33-19-10-20-34-29(23-11-4-1-5-12-23,24-13-6-2-7-14-24)25-15-8-3-9-16-25/h1-9,11-18,31-32H,10,19-22H2. The molecular formula is C29H29NO3S. The van der Waals surface area contributed by atoms with Crippen molar-refractivity contribution in [3.63, 3.8) is 0 Å². The molecular weight excluding hydrogens is 442 g/mol. The van der Waals surface area contributed by atoms with Crippen LogP contribution in [-0.4, -0.2) is 27.6 Å². The number of aliphatic hydroxyl groups is 2. The van der Waals surface area contributed by atoms with Crippen LogP contribution in [0.1, 0.15) is 34.5 Å². The number of hydrogen-bond acceptors (Lipinski definition) is 5. The summed E-state index contributed by atoms with van der Waals surface area (Å²) in [7, 11) is 0. The zero-order chi connectivity index (χ0) is 23.6. The third kappa shape index (κ3) is 5.33. The van der Waals surface area contributed by atoms with Crippen LogP contribution >= 0.6 is 11.8 Å². The Balaban J connectivity index is 1.55. The molecule has 0 atom stereocenters. The second kappa shape index (κ2) is 11.8. The third-order valence-electron chi connectivity index (χ3n) is 5.71. The maximum atomic E-state index is 9.60. The van der Waals surface area contributed by atoms with Crippen LogP contribution in [0.5, 0.6) is 5.75 Å². The van der Waals surface area contributed by atoms with Gasteiger partial charge in [0.05, 0.1) is 30.3 Å². The minimum atomic E-state index is -0.343. The highest BCUT2D eigenvalue weighted by atomic mass is 32.2. The van der Waals surface area contributed by atoms with Crippen LogP contribution in [0.15, 0.2) is 103 Å². The van der Waals surface area contributed by atoms with Crippen molar-refractivity contribution in [1.29, 1.82) is 0 Å². The summed E-state index contributed by atoms with van der Waals surface area (Å²) < 4.78 is 5.60. The smallest absolute Gasteiger partial charge is 0.143 e. The molecule has 0 saturated heterocycles. The van der Waals surface area contributed by atoms with Crippen molar-refractivity contribution in [3.05, 3.63) is 131 Å². The van der Waals surface area contributed by atoms with Crippen molar-refractivity contribution in [1.82, 2.24) is 4.98 Å². The fraction of sp³-hybridized carbons (Fsp3) is 0.207. The first kappa shape index (κ1) is 24.0. The fourth-order valence-corrected chi connectivity index (χ4v) is 5.58. The maximum absolute atomic E-state index is 9.60. The first-order chi connectivity index (χ1) is 16.8. The Morgan fingerprint density at radius 1 is 0.676 bits per heavy atom. The van der Waals surface area contributed by atoms with E-state index in [2.05, 4.69) is 96.0 Å². The average molecular weight is 472 g/mol. The van der Waals surface area contributed by atoms with Gasteiger partial charge in [0.1, 0.15) is 11.4 Å². The lowest BCUT2D eigenvalue weighted by atomic mass is 9.84. The molecule has 0 fully saturated rings. The van der Waals surface area contributed by atoms with E-state index in [4.69, 9.17) is 4.74 Å². The van der Waals surface area contributed by atoms with Crippen LogP contribution in [-0.2, 0) is 18.0 Å². The predicted octanol–water partition coefficient (Wildman–Crippen LogP) is 5.56. The van der Waals surface area contributed by atoms with Gasteiger partial charge < -0.3 is 14.9 Å². The summed E-state index contributed by atoms with van der Waals surface area (Å²) in [4.78, 5) is 4.24. The molecule has 0 bridgehead atoms. The summed E-state index contributed by atoms with van der Waals surface area (Å²) in [6, 6.07) is 35.4. The van der Waals surface area contributed by atoms with E-state index in [1.807, 2.05) is 11.8 Å². The van der Waals surface area contributed by atoms with Crippen molar-refractivity contribution in [2.45, 2.75) is 24.4 Å². The number of thioether (sulfide) groups is 1. The summed E-state index contributed by atoms with van der Waals surface area (Å²) in [5, 5.41) is 18.9. The molecule has 0 aliphatic rings. The van der Waals surface area contributed by atoms with Crippen LogP contribution in [0.4, 0.5) is 0 Å². The number of nitrogens with zero attached hydrogens (tertiary/aromatic N) is 1. The van der Waals surface area contributed by atoms with Gasteiger partial charge in [-0.2, -0.15) is 0 Å². The molecule has 0 radical (unpaired) electrons. The summed E-state index contributed by atoms with van der Waals surface area (Å²) in [5.74, 6) is 1.43. The van der Waals surface area contributed by atoms with Crippen molar-refractivity contribution >= 4 is 11.8 Å². The van der Waals surface area contributed by atoms with E-state index in [-0.39, 0.29) is 18.0 Å². The summed E-state index contributed by atoms with van der Waals surface area (Å²) in [6.45, 7) is 0.121. The van der Waals surface area contributed by atoms with E-state index in [0.29, 0.717) is 23.7 Å². The van der Waals surface area contributed by atoms with Crippen LogP contribution in [0.3, 0.4) is 0 Å². The lowest BCUT2D eigenvalue weighted by molar-refractivity contribution is 0.251. The number of aromatic nitrogens is 1. The molecule has 0 unspecified atom stereocenters. The number of ether oxygens (including phenoxy) is 1.